The number of ether oxygens (including phenoxy) is 2. The maximum atomic E-state index is 13.2. The summed E-state index contributed by atoms with van der Waals surface area (Å²) in [5.74, 6) is 1.03. The van der Waals surface area contributed by atoms with Crippen LogP contribution < -0.4 is 14.8 Å². The van der Waals surface area contributed by atoms with Crippen LogP contribution in [0.5, 0.6) is 11.5 Å². The molecule has 2 aromatic rings. The van der Waals surface area contributed by atoms with E-state index in [0.29, 0.717) is 28.0 Å². The first-order chi connectivity index (χ1) is 14.7. The van der Waals surface area contributed by atoms with Crippen LogP contribution >= 0.6 is 23.2 Å². The van der Waals surface area contributed by atoms with E-state index in [1.807, 2.05) is 32.0 Å². The molecular weight excluding hydrogens is 439 g/mol. The van der Waals surface area contributed by atoms with E-state index in [1.165, 1.54) is 0 Å². The van der Waals surface area contributed by atoms with Gasteiger partial charge in [-0.15, -0.1) is 0 Å². The molecule has 3 rings (SSSR count). The fourth-order valence-corrected chi connectivity index (χ4v) is 3.78. The Morgan fingerprint density at radius 2 is 1.81 bits per heavy atom. The Labute approximate surface area is 192 Å². The summed E-state index contributed by atoms with van der Waals surface area (Å²) in [5.41, 5.74) is 1.69. The maximum absolute atomic E-state index is 13.2. The zero-order valence-corrected chi connectivity index (χ0v) is 19.3. The minimum Gasteiger partial charge on any atom is -0.454 e. The van der Waals surface area contributed by atoms with Crippen LogP contribution in [-0.2, 0) is 22.6 Å². The lowest BCUT2D eigenvalue weighted by Gasteiger charge is -2.30. The summed E-state index contributed by atoms with van der Waals surface area (Å²) in [6.45, 7) is 5.90. The topological polar surface area (TPSA) is 67.9 Å². The second-order valence-electron chi connectivity index (χ2n) is 7.78. The molecule has 0 saturated heterocycles. The molecule has 0 aromatic heterocycles. The lowest BCUT2D eigenvalue weighted by Crippen LogP contribution is -2.49. The summed E-state index contributed by atoms with van der Waals surface area (Å²) < 4.78 is 10.7. The Bertz CT molecular complexity index is 965. The molecule has 2 amide bonds. The molecule has 0 aliphatic carbocycles. The third-order valence-electron chi connectivity index (χ3n) is 5.02. The zero-order chi connectivity index (χ0) is 22.5. The number of nitrogens with one attached hydrogen (secondary N) is 1. The third kappa shape index (κ3) is 6.05. The van der Waals surface area contributed by atoms with Crippen LogP contribution in [0.2, 0.25) is 10.0 Å². The van der Waals surface area contributed by atoms with Gasteiger partial charge in [-0.05, 0) is 62.6 Å². The number of halogens is 2. The van der Waals surface area contributed by atoms with Crippen LogP contribution in [0.15, 0.2) is 36.4 Å². The number of nitrogens with zero attached hydrogens (tertiary/aromatic N) is 1. The minimum atomic E-state index is -0.654. The van der Waals surface area contributed by atoms with Crippen molar-refractivity contribution in [3.05, 3.63) is 57.6 Å². The van der Waals surface area contributed by atoms with Crippen LogP contribution in [-0.4, -0.2) is 35.6 Å². The van der Waals surface area contributed by atoms with Gasteiger partial charge in [0.2, 0.25) is 18.6 Å². The normalized spacial score (nSPS) is 13.2. The van der Waals surface area contributed by atoms with E-state index in [2.05, 4.69) is 5.32 Å². The number of benzene rings is 2. The van der Waals surface area contributed by atoms with Gasteiger partial charge < -0.3 is 19.7 Å². The molecule has 2 aromatic carbocycles. The summed E-state index contributed by atoms with van der Waals surface area (Å²) in [5, 5.41) is 3.84. The number of amides is 2. The second kappa shape index (κ2) is 10.2. The molecule has 0 saturated carbocycles. The average Bonchev–Trinajstić information content (AvgIpc) is 3.18. The van der Waals surface area contributed by atoms with E-state index in [9.17, 15) is 9.59 Å². The van der Waals surface area contributed by atoms with Gasteiger partial charge in [0.1, 0.15) is 6.04 Å². The smallest absolute Gasteiger partial charge is 0.242 e. The van der Waals surface area contributed by atoms with Gasteiger partial charge in [-0.2, -0.15) is 0 Å². The number of hydrogen-bond acceptors (Lipinski definition) is 4. The molecule has 6 nitrogen and oxygen atoms in total. The first kappa shape index (κ1) is 23.2. The van der Waals surface area contributed by atoms with E-state index < -0.39 is 6.04 Å². The highest BCUT2D eigenvalue weighted by atomic mass is 35.5. The van der Waals surface area contributed by atoms with Crippen LogP contribution in [0, 0.1) is 0 Å². The van der Waals surface area contributed by atoms with Crippen molar-refractivity contribution >= 4 is 35.0 Å². The Hall–Kier alpha value is -2.44. The molecule has 1 aliphatic heterocycles. The Morgan fingerprint density at radius 1 is 1.06 bits per heavy atom. The molecular formula is C23H26Cl2N2O4. The zero-order valence-electron chi connectivity index (χ0n) is 17.8. The van der Waals surface area contributed by atoms with E-state index in [0.717, 1.165) is 11.1 Å². The number of aryl methyl sites for hydroxylation is 1. The molecule has 1 N–H and O–H groups in total. The average molecular weight is 465 g/mol. The van der Waals surface area contributed by atoms with Gasteiger partial charge in [0.05, 0.1) is 0 Å². The molecule has 1 heterocycles. The Morgan fingerprint density at radius 3 is 2.52 bits per heavy atom. The van der Waals surface area contributed by atoms with Gasteiger partial charge in [-0.3, -0.25) is 9.59 Å². The summed E-state index contributed by atoms with van der Waals surface area (Å²) >= 11 is 12.3. The van der Waals surface area contributed by atoms with Crippen molar-refractivity contribution in [2.24, 2.45) is 0 Å². The third-order valence-corrected chi connectivity index (χ3v) is 5.61. The monoisotopic (exact) mass is 464 g/mol. The van der Waals surface area contributed by atoms with Gasteiger partial charge >= 0.3 is 0 Å². The highest BCUT2D eigenvalue weighted by Crippen LogP contribution is 2.33. The lowest BCUT2D eigenvalue weighted by molar-refractivity contribution is -0.140. The second-order valence-corrected chi connectivity index (χ2v) is 8.63. The molecule has 0 bridgehead atoms. The van der Waals surface area contributed by atoms with Gasteiger partial charge in [-0.25, -0.2) is 0 Å². The van der Waals surface area contributed by atoms with Crippen molar-refractivity contribution in [2.75, 3.05) is 6.79 Å². The van der Waals surface area contributed by atoms with Gasteiger partial charge in [-0.1, -0.05) is 35.3 Å². The van der Waals surface area contributed by atoms with Crippen molar-refractivity contribution in [1.82, 2.24) is 10.2 Å². The molecule has 31 heavy (non-hydrogen) atoms. The molecule has 166 valence electrons. The van der Waals surface area contributed by atoms with E-state index in [-0.39, 0.29) is 37.6 Å². The van der Waals surface area contributed by atoms with Crippen molar-refractivity contribution in [1.29, 1.82) is 0 Å². The number of carbonyl (C=O) groups is 2. The van der Waals surface area contributed by atoms with Crippen molar-refractivity contribution < 1.29 is 19.1 Å². The Kier molecular flexibility index (Phi) is 7.68. The highest BCUT2D eigenvalue weighted by molar-refractivity contribution is 6.35. The number of fused-ring (bicyclic) bond motifs is 1. The number of hydrogen-bond donors (Lipinski definition) is 1. The van der Waals surface area contributed by atoms with Crippen molar-refractivity contribution in [3.63, 3.8) is 0 Å². The van der Waals surface area contributed by atoms with Crippen molar-refractivity contribution in [2.45, 2.75) is 52.2 Å². The predicted molar refractivity (Wildman–Crippen MR) is 121 cm³/mol. The summed E-state index contributed by atoms with van der Waals surface area (Å²) in [7, 11) is 0. The summed E-state index contributed by atoms with van der Waals surface area (Å²) in [4.78, 5) is 27.4. The number of carbonyl (C=O) groups excluding carboxylic acids is 2. The molecule has 1 atom stereocenters. The standard InChI is InChI=1S/C23H26Cl2N2O4/c1-14(2)26-23(29)15(3)27(12-17-6-7-18(24)11-19(17)25)22(28)9-5-16-4-8-20-21(10-16)31-13-30-20/h4,6-8,10-11,14-15H,5,9,12-13H2,1-3H3,(H,26,29). The fourth-order valence-electron chi connectivity index (χ4n) is 3.31. The SMILES string of the molecule is CC(C)NC(=O)C(C)N(Cc1ccc(Cl)cc1Cl)C(=O)CCc1ccc2c(c1)OCO2. The summed E-state index contributed by atoms with van der Waals surface area (Å²) in [6.07, 6.45) is 0.753. The van der Waals surface area contributed by atoms with Crippen LogP contribution in [0.4, 0.5) is 0 Å². The Balaban J connectivity index is 1.75. The maximum Gasteiger partial charge on any atom is 0.242 e. The van der Waals surface area contributed by atoms with E-state index in [4.69, 9.17) is 32.7 Å². The van der Waals surface area contributed by atoms with Gasteiger partial charge in [0.15, 0.2) is 11.5 Å². The molecule has 0 fully saturated rings. The van der Waals surface area contributed by atoms with E-state index in [1.54, 1.807) is 30.0 Å². The number of rotatable bonds is 8. The fraction of sp³-hybridized carbons (Fsp3) is 0.391. The van der Waals surface area contributed by atoms with Gasteiger partial charge in [0.25, 0.3) is 0 Å². The van der Waals surface area contributed by atoms with Gasteiger partial charge in [0, 0.05) is 29.1 Å². The van der Waals surface area contributed by atoms with E-state index >= 15 is 0 Å². The quantitative estimate of drug-likeness (QED) is 0.619. The molecule has 8 heteroatoms. The molecule has 1 unspecified atom stereocenters. The minimum absolute atomic E-state index is 0.0281. The molecule has 0 radical (unpaired) electrons. The summed E-state index contributed by atoms with van der Waals surface area (Å²) in [6, 6.07) is 10.1. The largest absolute Gasteiger partial charge is 0.454 e. The van der Waals surface area contributed by atoms with Crippen LogP contribution in [0.3, 0.4) is 0 Å². The molecule has 1 aliphatic rings. The van der Waals surface area contributed by atoms with Crippen LogP contribution in [0.1, 0.15) is 38.3 Å². The van der Waals surface area contributed by atoms with Crippen molar-refractivity contribution in [3.8, 4) is 11.5 Å². The van der Waals surface area contributed by atoms with Crippen LogP contribution in [0.25, 0.3) is 0 Å². The lowest BCUT2D eigenvalue weighted by atomic mass is 10.1. The first-order valence-electron chi connectivity index (χ1n) is 10.2. The highest BCUT2D eigenvalue weighted by Gasteiger charge is 2.27. The molecule has 0 spiro atoms. The first-order valence-corrected chi connectivity index (χ1v) is 10.9. The predicted octanol–water partition coefficient (Wildman–Crippen LogP) is 4.60.